The average Bonchev–Trinajstić information content (AvgIpc) is 2.50. The monoisotopic (exact) mass is 286 g/mol. The van der Waals surface area contributed by atoms with Crippen LogP contribution in [0.4, 0.5) is 15.8 Å². The fourth-order valence-electron chi connectivity index (χ4n) is 2.90. The van der Waals surface area contributed by atoms with Gasteiger partial charge >= 0.3 is 0 Å². The molecule has 4 heteroatoms. The number of ether oxygens (including phenoxy) is 1. The van der Waals surface area contributed by atoms with Gasteiger partial charge in [-0.3, -0.25) is 0 Å². The number of nitrogens with two attached hydrogens (primary N) is 1. The van der Waals surface area contributed by atoms with Gasteiger partial charge in [-0.25, -0.2) is 4.39 Å². The van der Waals surface area contributed by atoms with Crippen molar-refractivity contribution >= 4 is 11.4 Å². The first-order chi connectivity index (χ1) is 10.2. The third-order valence-corrected chi connectivity index (χ3v) is 4.03. The number of hydrogen-bond donors (Lipinski definition) is 2. The van der Waals surface area contributed by atoms with E-state index in [4.69, 9.17) is 10.5 Å². The number of benzene rings is 2. The fourth-order valence-corrected chi connectivity index (χ4v) is 2.90. The zero-order chi connectivity index (χ0) is 14.8. The van der Waals surface area contributed by atoms with Gasteiger partial charge in [0.15, 0.2) is 0 Å². The second kappa shape index (κ2) is 5.64. The number of hydrogen-bond acceptors (Lipinski definition) is 3. The van der Waals surface area contributed by atoms with Crippen LogP contribution in [0.3, 0.4) is 0 Å². The quantitative estimate of drug-likeness (QED) is 0.850. The van der Waals surface area contributed by atoms with Crippen LogP contribution in [-0.4, -0.2) is 13.2 Å². The van der Waals surface area contributed by atoms with Gasteiger partial charge in [0.1, 0.15) is 11.6 Å². The minimum Gasteiger partial charge on any atom is -0.495 e. The minimum atomic E-state index is -0.341. The van der Waals surface area contributed by atoms with Crippen molar-refractivity contribution in [1.29, 1.82) is 0 Å². The minimum absolute atomic E-state index is 0.225. The smallest absolute Gasteiger partial charge is 0.148 e. The molecule has 0 aliphatic heterocycles. The predicted molar refractivity (Wildman–Crippen MR) is 83.2 cm³/mol. The van der Waals surface area contributed by atoms with Crippen LogP contribution in [-0.2, 0) is 12.8 Å². The molecule has 0 spiro atoms. The third kappa shape index (κ3) is 2.79. The van der Waals surface area contributed by atoms with E-state index >= 15 is 0 Å². The van der Waals surface area contributed by atoms with Crippen molar-refractivity contribution in [3.63, 3.8) is 0 Å². The van der Waals surface area contributed by atoms with E-state index in [0.29, 0.717) is 17.1 Å². The Morgan fingerprint density at radius 2 is 2.00 bits per heavy atom. The highest BCUT2D eigenvalue weighted by Crippen LogP contribution is 2.30. The van der Waals surface area contributed by atoms with E-state index in [2.05, 4.69) is 23.5 Å². The van der Waals surface area contributed by atoms with Gasteiger partial charge in [0, 0.05) is 18.2 Å². The van der Waals surface area contributed by atoms with Gasteiger partial charge in [0.05, 0.1) is 18.5 Å². The first-order valence-corrected chi connectivity index (χ1v) is 7.13. The lowest BCUT2D eigenvalue weighted by atomic mass is 9.88. The van der Waals surface area contributed by atoms with Crippen LogP contribution in [0.25, 0.3) is 0 Å². The molecule has 0 radical (unpaired) electrons. The number of fused-ring (bicyclic) bond motifs is 1. The number of rotatable bonds is 3. The van der Waals surface area contributed by atoms with Crippen LogP contribution in [0.2, 0.25) is 0 Å². The molecule has 1 unspecified atom stereocenters. The van der Waals surface area contributed by atoms with Crippen LogP contribution in [0, 0.1) is 5.82 Å². The molecule has 3 nitrogen and oxygen atoms in total. The van der Waals surface area contributed by atoms with E-state index in [1.54, 1.807) is 6.07 Å². The van der Waals surface area contributed by atoms with Crippen molar-refractivity contribution in [2.24, 2.45) is 0 Å². The second-order valence-corrected chi connectivity index (χ2v) is 5.43. The van der Waals surface area contributed by atoms with Crippen molar-refractivity contribution in [3.05, 3.63) is 53.3 Å². The summed E-state index contributed by atoms with van der Waals surface area (Å²) in [6, 6.07) is 11.6. The Hall–Kier alpha value is -2.23. The number of methoxy groups -OCH3 is 1. The summed E-state index contributed by atoms with van der Waals surface area (Å²) in [5.41, 5.74) is 9.20. The molecule has 3 N–H and O–H groups in total. The van der Waals surface area contributed by atoms with Crippen molar-refractivity contribution in [2.75, 3.05) is 18.2 Å². The van der Waals surface area contributed by atoms with Gasteiger partial charge < -0.3 is 15.8 Å². The second-order valence-electron chi connectivity index (χ2n) is 5.43. The summed E-state index contributed by atoms with van der Waals surface area (Å²) in [5.74, 6) is 0.155. The lowest BCUT2D eigenvalue weighted by Gasteiger charge is -2.26. The Kier molecular flexibility index (Phi) is 3.69. The maximum absolute atomic E-state index is 14.0. The van der Waals surface area contributed by atoms with E-state index in [9.17, 15) is 4.39 Å². The highest BCUT2D eigenvalue weighted by atomic mass is 19.1. The number of anilines is 2. The van der Waals surface area contributed by atoms with Gasteiger partial charge in [-0.2, -0.15) is 0 Å². The van der Waals surface area contributed by atoms with Crippen molar-refractivity contribution in [1.82, 2.24) is 0 Å². The maximum atomic E-state index is 14.0. The molecule has 1 aliphatic rings. The topological polar surface area (TPSA) is 47.3 Å². The molecule has 21 heavy (non-hydrogen) atoms. The number of nitrogens with one attached hydrogen (secondary N) is 1. The van der Waals surface area contributed by atoms with Gasteiger partial charge in [-0.1, -0.05) is 24.3 Å². The summed E-state index contributed by atoms with van der Waals surface area (Å²) in [6.45, 7) is 0. The summed E-state index contributed by atoms with van der Waals surface area (Å²) in [4.78, 5) is 0. The first kappa shape index (κ1) is 13.7. The standard InChI is InChI=1S/C17H19FN2O/c1-21-17-10-16(14(18)9-15(17)19)20-13-7-6-11-4-2-3-5-12(11)8-13/h2-5,9-10,13,20H,6-8,19H2,1H3. The van der Waals surface area contributed by atoms with Crippen molar-refractivity contribution < 1.29 is 9.13 Å². The van der Waals surface area contributed by atoms with Gasteiger partial charge in [0.25, 0.3) is 0 Å². The van der Waals surface area contributed by atoms with Crippen LogP contribution < -0.4 is 15.8 Å². The number of halogens is 1. The lowest BCUT2D eigenvalue weighted by molar-refractivity contribution is 0.416. The lowest BCUT2D eigenvalue weighted by Crippen LogP contribution is -2.27. The van der Waals surface area contributed by atoms with E-state index < -0.39 is 0 Å². The molecule has 0 saturated heterocycles. The highest BCUT2D eigenvalue weighted by Gasteiger charge is 2.19. The molecular formula is C17H19FN2O. The average molecular weight is 286 g/mol. The molecule has 1 atom stereocenters. The predicted octanol–water partition coefficient (Wildman–Crippen LogP) is 3.39. The summed E-state index contributed by atoms with van der Waals surface area (Å²) in [7, 11) is 1.53. The van der Waals surface area contributed by atoms with Gasteiger partial charge in [-0.15, -0.1) is 0 Å². The number of aryl methyl sites for hydroxylation is 1. The molecule has 0 fully saturated rings. The third-order valence-electron chi connectivity index (χ3n) is 4.03. The Labute approximate surface area is 123 Å². The van der Waals surface area contributed by atoms with E-state index in [0.717, 1.165) is 19.3 Å². The molecule has 2 aromatic carbocycles. The SMILES string of the molecule is COc1cc(NC2CCc3ccccc3C2)c(F)cc1N. The van der Waals surface area contributed by atoms with Crippen molar-refractivity contribution in [3.8, 4) is 5.75 Å². The molecule has 0 saturated carbocycles. The Morgan fingerprint density at radius 3 is 2.76 bits per heavy atom. The molecule has 0 heterocycles. The molecule has 0 amide bonds. The molecule has 0 aromatic heterocycles. The molecule has 2 aromatic rings. The van der Waals surface area contributed by atoms with Crippen LogP contribution >= 0.6 is 0 Å². The summed E-state index contributed by atoms with van der Waals surface area (Å²) < 4.78 is 19.2. The van der Waals surface area contributed by atoms with E-state index in [1.807, 2.05) is 6.07 Å². The number of nitrogen functional groups attached to an aromatic ring is 1. The molecule has 110 valence electrons. The first-order valence-electron chi connectivity index (χ1n) is 7.13. The Bertz CT molecular complexity index is 657. The van der Waals surface area contributed by atoms with Gasteiger partial charge in [-0.05, 0) is 30.4 Å². The van der Waals surface area contributed by atoms with Crippen LogP contribution in [0.1, 0.15) is 17.5 Å². The zero-order valence-corrected chi connectivity index (χ0v) is 12.0. The van der Waals surface area contributed by atoms with E-state index in [-0.39, 0.29) is 11.9 Å². The van der Waals surface area contributed by atoms with Gasteiger partial charge in [0.2, 0.25) is 0 Å². The summed E-state index contributed by atoms with van der Waals surface area (Å²) >= 11 is 0. The molecular weight excluding hydrogens is 267 g/mol. The highest BCUT2D eigenvalue weighted by molar-refractivity contribution is 5.62. The summed E-state index contributed by atoms with van der Waals surface area (Å²) in [5, 5.41) is 3.28. The van der Waals surface area contributed by atoms with Crippen molar-refractivity contribution in [2.45, 2.75) is 25.3 Å². The normalized spacial score (nSPS) is 17.1. The van der Waals surface area contributed by atoms with Crippen LogP contribution in [0.5, 0.6) is 5.75 Å². The maximum Gasteiger partial charge on any atom is 0.148 e. The van der Waals surface area contributed by atoms with E-state index in [1.165, 1.54) is 24.3 Å². The fraction of sp³-hybridized carbons (Fsp3) is 0.294. The summed E-state index contributed by atoms with van der Waals surface area (Å²) in [6.07, 6.45) is 2.91. The molecule has 3 rings (SSSR count). The Balaban J connectivity index is 1.79. The molecule has 1 aliphatic carbocycles. The van der Waals surface area contributed by atoms with Crippen LogP contribution in [0.15, 0.2) is 36.4 Å². The molecule has 0 bridgehead atoms. The largest absolute Gasteiger partial charge is 0.495 e. The zero-order valence-electron chi connectivity index (χ0n) is 12.0. The Morgan fingerprint density at radius 1 is 1.24 bits per heavy atom.